The van der Waals surface area contributed by atoms with E-state index in [0.717, 1.165) is 15.8 Å². The van der Waals surface area contributed by atoms with Crippen molar-refractivity contribution in [2.45, 2.75) is 18.9 Å². The Morgan fingerprint density at radius 1 is 1.27 bits per heavy atom. The van der Waals surface area contributed by atoms with Crippen molar-refractivity contribution in [3.63, 3.8) is 0 Å². The number of halogens is 2. The minimum atomic E-state index is -0.761. The summed E-state index contributed by atoms with van der Waals surface area (Å²) in [6, 6.07) is 12.4. The molecule has 2 aromatic rings. The van der Waals surface area contributed by atoms with Gasteiger partial charge in [-0.2, -0.15) is 0 Å². The molecule has 0 spiro atoms. The van der Waals surface area contributed by atoms with Crippen LogP contribution in [0.25, 0.3) is 0 Å². The molecule has 0 bridgehead atoms. The molecule has 2 aromatic carbocycles. The van der Waals surface area contributed by atoms with Crippen LogP contribution >= 0.6 is 27.5 Å². The van der Waals surface area contributed by atoms with Crippen molar-refractivity contribution >= 4 is 33.4 Å². The van der Waals surface area contributed by atoms with Gasteiger partial charge < -0.3 is 19.9 Å². The molecule has 0 aliphatic rings. The first kappa shape index (κ1) is 20.6. The van der Waals surface area contributed by atoms with Crippen LogP contribution in [0.1, 0.15) is 24.5 Å². The molecule has 7 heteroatoms. The molecular formula is C19H21BrClNO4. The highest BCUT2D eigenvalue weighted by molar-refractivity contribution is 9.10. The van der Waals surface area contributed by atoms with Gasteiger partial charge in [-0.1, -0.05) is 39.7 Å². The first-order valence-corrected chi connectivity index (χ1v) is 9.33. The molecule has 0 aliphatic heterocycles. The van der Waals surface area contributed by atoms with Crippen LogP contribution in [0.4, 0.5) is 0 Å². The van der Waals surface area contributed by atoms with Crippen molar-refractivity contribution in [2.24, 2.45) is 0 Å². The van der Waals surface area contributed by atoms with E-state index in [0.29, 0.717) is 30.2 Å². The quantitative estimate of drug-likeness (QED) is 0.573. The highest BCUT2D eigenvalue weighted by Gasteiger charge is 2.10. The number of amides is 1. The Kier molecular flexibility index (Phi) is 8.22. The molecule has 0 radical (unpaired) electrons. The summed E-state index contributed by atoms with van der Waals surface area (Å²) in [6.07, 6.45) is 0.100. The molecule has 0 aromatic heterocycles. The summed E-state index contributed by atoms with van der Waals surface area (Å²) in [4.78, 5) is 11.9. The summed E-state index contributed by atoms with van der Waals surface area (Å²) in [5.74, 6) is 1.17. The summed E-state index contributed by atoms with van der Waals surface area (Å²) in [5, 5.41) is 13.3. The van der Waals surface area contributed by atoms with Crippen molar-refractivity contribution in [3.05, 3.63) is 57.5 Å². The number of aliphatic hydroxyl groups excluding tert-OH is 1. The number of benzene rings is 2. The minimum absolute atomic E-state index is 0.136. The second-order valence-corrected chi connectivity index (χ2v) is 6.94. The molecule has 0 fully saturated rings. The Morgan fingerprint density at radius 2 is 2.00 bits per heavy atom. The molecular weight excluding hydrogens is 422 g/mol. The van der Waals surface area contributed by atoms with Gasteiger partial charge >= 0.3 is 0 Å². The molecule has 2 rings (SSSR count). The smallest absolute Gasteiger partial charge is 0.220 e. The van der Waals surface area contributed by atoms with E-state index in [9.17, 15) is 9.90 Å². The van der Waals surface area contributed by atoms with Crippen LogP contribution in [-0.4, -0.2) is 31.3 Å². The third kappa shape index (κ3) is 6.52. The third-order valence-electron chi connectivity index (χ3n) is 3.69. The topological polar surface area (TPSA) is 67.8 Å². The Bertz CT molecular complexity index is 724. The number of carbonyl (C=O) groups is 1. The number of hydrogen-bond donors (Lipinski definition) is 2. The predicted octanol–water partition coefficient (Wildman–Crippen LogP) is 4.12. The van der Waals surface area contributed by atoms with Crippen LogP contribution in [0.15, 0.2) is 46.9 Å². The van der Waals surface area contributed by atoms with E-state index in [1.54, 1.807) is 43.5 Å². The Balaban J connectivity index is 1.66. The number of hydrogen-bond acceptors (Lipinski definition) is 4. The van der Waals surface area contributed by atoms with E-state index < -0.39 is 6.10 Å². The number of rotatable bonds is 9. The number of methoxy groups -OCH3 is 1. The number of aliphatic hydroxyl groups is 1. The molecule has 0 saturated carbocycles. The number of nitrogens with one attached hydrogen (secondary N) is 1. The van der Waals surface area contributed by atoms with Crippen LogP contribution in [-0.2, 0) is 4.79 Å². The van der Waals surface area contributed by atoms with Gasteiger partial charge in [0.1, 0.15) is 11.5 Å². The molecule has 2 N–H and O–H groups in total. The number of ether oxygens (including phenoxy) is 2. The Hall–Kier alpha value is -1.76. The van der Waals surface area contributed by atoms with Crippen molar-refractivity contribution in [1.82, 2.24) is 5.32 Å². The van der Waals surface area contributed by atoms with Crippen LogP contribution < -0.4 is 14.8 Å². The molecule has 1 unspecified atom stereocenters. The van der Waals surface area contributed by atoms with Crippen molar-refractivity contribution in [1.29, 1.82) is 0 Å². The second-order valence-electron chi connectivity index (χ2n) is 5.62. The molecule has 140 valence electrons. The lowest BCUT2D eigenvalue weighted by Gasteiger charge is -2.13. The summed E-state index contributed by atoms with van der Waals surface area (Å²) in [6.45, 7) is 0.542. The monoisotopic (exact) mass is 441 g/mol. The molecule has 5 nitrogen and oxygen atoms in total. The third-order valence-corrected chi connectivity index (χ3v) is 4.48. The van der Waals surface area contributed by atoms with Crippen molar-refractivity contribution in [2.75, 3.05) is 20.3 Å². The predicted molar refractivity (Wildman–Crippen MR) is 105 cm³/mol. The van der Waals surface area contributed by atoms with Gasteiger partial charge in [0.05, 0.1) is 24.8 Å². The van der Waals surface area contributed by atoms with Gasteiger partial charge in [0.25, 0.3) is 0 Å². The molecule has 0 aliphatic carbocycles. The fourth-order valence-electron chi connectivity index (χ4n) is 2.25. The standard InChI is InChI=1S/C19H21BrClNO4/c1-25-15-7-4-13(5-8-15)17(23)12-22-19(24)3-2-10-26-18-9-6-14(20)11-16(18)21/h4-9,11,17,23H,2-3,10,12H2,1H3,(H,22,24). The lowest BCUT2D eigenvalue weighted by Crippen LogP contribution is -2.28. The normalized spacial score (nSPS) is 11.7. The average Bonchev–Trinajstić information content (AvgIpc) is 2.64. The maximum absolute atomic E-state index is 11.9. The molecule has 1 amide bonds. The summed E-state index contributed by atoms with van der Waals surface area (Å²) >= 11 is 9.39. The van der Waals surface area contributed by atoms with Crippen LogP contribution in [0.3, 0.4) is 0 Å². The van der Waals surface area contributed by atoms with Gasteiger partial charge in [-0.05, 0) is 42.3 Å². The van der Waals surface area contributed by atoms with Gasteiger partial charge in [-0.15, -0.1) is 0 Å². The Labute approximate surface area is 166 Å². The maximum Gasteiger partial charge on any atom is 0.220 e. The van der Waals surface area contributed by atoms with Crippen LogP contribution in [0.2, 0.25) is 5.02 Å². The summed E-state index contributed by atoms with van der Waals surface area (Å²) < 4.78 is 11.5. The van der Waals surface area contributed by atoms with Crippen LogP contribution in [0, 0.1) is 0 Å². The van der Waals surface area contributed by atoms with Crippen molar-refractivity contribution < 1.29 is 19.4 Å². The SMILES string of the molecule is COc1ccc(C(O)CNC(=O)CCCOc2ccc(Br)cc2Cl)cc1. The molecule has 0 heterocycles. The zero-order chi connectivity index (χ0) is 18.9. The fourth-order valence-corrected chi connectivity index (χ4v) is 2.98. The first-order chi connectivity index (χ1) is 12.5. The summed E-state index contributed by atoms with van der Waals surface area (Å²) in [5.41, 5.74) is 0.722. The lowest BCUT2D eigenvalue weighted by atomic mass is 10.1. The van der Waals surface area contributed by atoms with E-state index in [1.807, 2.05) is 6.07 Å². The van der Waals surface area contributed by atoms with Crippen LogP contribution in [0.5, 0.6) is 11.5 Å². The Morgan fingerprint density at radius 3 is 2.65 bits per heavy atom. The second kappa shape index (κ2) is 10.4. The van der Waals surface area contributed by atoms with E-state index in [2.05, 4.69) is 21.2 Å². The largest absolute Gasteiger partial charge is 0.497 e. The zero-order valence-electron chi connectivity index (χ0n) is 14.4. The maximum atomic E-state index is 11.9. The summed E-state index contributed by atoms with van der Waals surface area (Å²) in [7, 11) is 1.58. The van der Waals surface area contributed by atoms with Crippen molar-refractivity contribution in [3.8, 4) is 11.5 Å². The van der Waals surface area contributed by atoms with Gasteiger partial charge in [0.2, 0.25) is 5.91 Å². The minimum Gasteiger partial charge on any atom is -0.497 e. The van der Waals surface area contributed by atoms with E-state index >= 15 is 0 Å². The highest BCUT2D eigenvalue weighted by atomic mass is 79.9. The van der Waals surface area contributed by atoms with Gasteiger partial charge in [-0.3, -0.25) is 4.79 Å². The number of carbonyl (C=O) groups excluding carboxylic acids is 1. The first-order valence-electron chi connectivity index (χ1n) is 8.16. The van der Waals surface area contributed by atoms with E-state index in [1.165, 1.54) is 0 Å². The van der Waals surface area contributed by atoms with Gasteiger partial charge in [-0.25, -0.2) is 0 Å². The molecule has 0 saturated heterocycles. The van der Waals surface area contributed by atoms with Gasteiger partial charge in [0.15, 0.2) is 0 Å². The molecule has 26 heavy (non-hydrogen) atoms. The van der Waals surface area contributed by atoms with Gasteiger partial charge in [0, 0.05) is 17.4 Å². The zero-order valence-corrected chi connectivity index (χ0v) is 16.7. The van der Waals surface area contributed by atoms with E-state index in [4.69, 9.17) is 21.1 Å². The highest BCUT2D eigenvalue weighted by Crippen LogP contribution is 2.27. The van der Waals surface area contributed by atoms with E-state index in [-0.39, 0.29) is 12.5 Å². The molecule has 1 atom stereocenters. The lowest BCUT2D eigenvalue weighted by molar-refractivity contribution is -0.121. The fraction of sp³-hybridized carbons (Fsp3) is 0.316. The average molecular weight is 443 g/mol.